The molecule has 14 heavy (non-hydrogen) atoms. The van der Waals surface area contributed by atoms with Crippen LogP contribution >= 0.6 is 11.8 Å². The second-order valence-electron chi connectivity index (χ2n) is 3.03. The molecular weight excluding hydrogens is 202 g/mol. The van der Waals surface area contributed by atoms with Crippen LogP contribution in [0.1, 0.15) is 13.2 Å². The molecule has 5 nitrogen and oxygen atoms in total. The quantitative estimate of drug-likeness (QED) is 0.732. The summed E-state index contributed by atoms with van der Waals surface area (Å²) in [5.41, 5.74) is 5.16. The third-order valence-corrected chi connectivity index (χ3v) is 3.04. The first-order valence-corrected chi connectivity index (χ1v) is 5.33. The fourth-order valence-electron chi connectivity index (χ4n) is 1.31. The van der Waals surface area contributed by atoms with Crippen molar-refractivity contribution in [2.24, 2.45) is 0 Å². The Labute approximate surface area is 85.3 Å². The minimum absolute atomic E-state index is 0.129. The van der Waals surface area contributed by atoms with Gasteiger partial charge in [-0.15, -0.1) is 11.8 Å². The highest BCUT2D eigenvalue weighted by atomic mass is 32.2. The van der Waals surface area contributed by atoms with Crippen LogP contribution in [0.4, 0.5) is 5.82 Å². The van der Waals surface area contributed by atoms with Crippen molar-refractivity contribution in [2.45, 2.75) is 18.6 Å². The lowest BCUT2D eigenvalue weighted by Crippen LogP contribution is -2.28. The van der Waals surface area contributed by atoms with Crippen LogP contribution in [0.15, 0.2) is 17.1 Å². The maximum Gasteiger partial charge on any atom is 0.351 e. The van der Waals surface area contributed by atoms with Crippen molar-refractivity contribution < 1.29 is 4.74 Å². The second-order valence-corrected chi connectivity index (χ2v) is 4.36. The Morgan fingerprint density at radius 1 is 1.79 bits per heavy atom. The average molecular weight is 213 g/mol. The Bertz CT molecular complexity index is 392. The summed E-state index contributed by atoms with van der Waals surface area (Å²) >= 11 is 1.67. The lowest BCUT2D eigenvalue weighted by molar-refractivity contribution is 0.0236. The SMILES string of the molecule is C[C@@H]1O[C@H](n2ccc(N)nc2=O)CS1. The van der Waals surface area contributed by atoms with E-state index in [9.17, 15) is 4.79 Å². The fraction of sp³-hybridized carbons (Fsp3) is 0.500. The minimum atomic E-state index is -0.357. The topological polar surface area (TPSA) is 70.1 Å². The molecule has 0 radical (unpaired) electrons. The fourth-order valence-corrected chi connectivity index (χ4v) is 2.19. The van der Waals surface area contributed by atoms with Gasteiger partial charge in [-0.1, -0.05) is 0 Å². The molecular formula is C8H11N3O2S. The van der Waals surface area contributed by atoms with E-state index in [4.69, 9.17) is 10.5 Å². The largest absolute Gasteiger partial charge is 0.383 e. The van der Waals surface area contributed by atoms with Gasteiger partial charge in [-0.05, 0) is 13.0 Å². The molecule has 0 unspecified atom stereocenters. The smallest absolute Gasteiger partial charge is 0.351 e. The molecule has 0 spiro atoms. The Hall–Kier alpha value is -1.01. The zero-order valence-electron chi connectivity index (χ0n) is 7.71. The first-order chi connectivity index (χ1) is 6.66. The van der Waals surface area contributed by atoms with Crippen LogP contribution in [0.25, 0.3) is 0 Å². The van der Waals surface area contributed by atoms with Gasteiger partial charge >= 0.3 is 5.69 Å². The van der Waals surface area contributed by atoms with E-state index in [1.165, 1.54) is 4.57 Å². The summed E-state index contributed by atoms with van der Waals surface area (Å²) in [5, 5.41) is 0. The number of ether oxygens (including phenoxy) is 1. The van der Waals surface area contributed by atoms with E-state index in [0.29, 0.717) is 0 Å². The van der Waals surface area contributed by atoms with E-state index < -0.39 is 0 Å². The van der Waals surface area contributed by atoms with Crippen LogP contribution < -0.4 is 11.4 Å². The molecule has 2 atom stereocenters. The number of nitrogens with zero attached hydrogens (tertiary/aromatic N) is 2. The molecule has 1 saturated heterocycles. The highest BCUT2D eigenvalue weighted by molar-refractivity contribution is 7.99. The van der Waals surface area contributed by atoms with Gasteiger partial charge in [0.15, 0.2) is 0 Å². The maximum absolute atomic E-state index is 11.4. The Morgan fingerprint density at radius 3 is 3.14 bits per heavy atom. The number of aromatic nitrogens is 2. The van der Waals surface area contributed by atoms with Crippen molar-refractivity contribution in [1.29, 1.82) is 0 Å². The van der Waals surface area contributed by atoms with Gasteiger partial charge in [-0.3, -0.25) is 4.57 Å². The zero-order chi connectivity index (χ0) is 10.1. The predicted octanol–water partition coefficient (Wildman–Crippen LogP) is 0.433. The molecule has 2 N–H and O–H groups in total. The van der Waals surface area contributed by atoms with E-state index in [1.54, 1.807) is 24.0 Å². The summed E-state index contributed by atoms with van der Waals surface area (Å²) in [5.74, 6) is 1.01. The molecule has 1 aliphatic rings. The summed E-state index contributed by atoms with van der Waals surface area (Å²) in [6.45, 7) is 1.96. The second kappa shape index (κ2) is 3.62. The molecule has 1 fully saturated rings. The van der Waals surface area contributed by atoms with E-state index in [-0.39, 0.29) is 23.2 Å². The number of nitrogen functional groups attached to an aromatic ring is 1. The normalized spacial score (nSPS) is 26.6. The van der Waals surface area contributed by atoms with Gasteiger partial charge in [0, 0.05) is 11.9 Å². The summed E-state index contributed by atoms with van der Waals surface area (Å²) < 4.78 is 6.98. The molecule has 76 valence electrons. The molecule has 2 rings (SSSR count). The number of anilines is 1. The van der Waals surface area contributed by atoms with Crippen LogP contribution in [0, 0.1) is 0 Å². The van der Waals surface area contributed by atoms with E-state index >= 15 is 0 Å². The molecule has 0 aliphatic carbocycles. The van der Waals surface area contributed by atoms with Crippen molar-refractivity contribution in [2.75, 3.05) is 11.5 Å². The van der Waals surface area contributed by atoms with E-state index in [0.717, 1.165) is 5.75 Å². The summed E-state index contributed by atoms with van der Waals surface area (Å²) in [6.07, 6.45) is 1.41. The van der Waals surface area contributed by atoms with Crippen molar-refractivity contribution in [3.8, 4) is 0 Å². The van der Waals surface area contributed by atoms with Crippen molar-refractivity contribution in [1.82, 2.24) is 9.55 Å². The standard InChI is InChI=1S/C8H11N3O2S/c1-5-13-7(4-14-5)11-3-2-6(9)10-8(11)12/h2-3,5,7H,4H2,1H3,(H2,9,10,12)/t5-,7+/m1/s1. The first kappa shape index (κ1) is 9.54. The average Bonchev–Trinajstić information content (AvgIpc) is 2.51. The van der Waals surface area contributed by atoms with Crippen LogP contribution in [0.2, 0.25) is 0 Å². The molecule has 1 aromatic rings. The summed E-state index contributed by atoms with van der Waals surface area (Å²) in [7, 11) is 0. The highest BCUT2D eigenvalue weighted by Gasteiger charge is 2.24. The third-order valence-electron chi connectivity index (χ3n) is 1.98. The molecule has 0 saturated carbocycles. The third kappa shape index (κ3) is 1.76. The van der Waals surface area contributed by atoms with E-state index in [1.807, 2.05) is 6.92 Å². The number of hydrogen-bond acceptors (Lipinski definition) is 5. The van der Waals surface area contributed by atoms with Crippen molar-refractivity contribution in [3.05, 3.63) is 22.7 Å². The Kier molecular flexibility index (Phi) is 2.47. The predicted molar refractivity (Wildman–Crippen MR) is 55.0 cm³/mol. The molecule has 0 amide bonds. The van der Waals surface area contributed by atoms with Gasteiger partial charge < -0.3 is 10.5 Å². The van der Waals surface area contributed by atoms with Crippen LogP contribution in [-0.4, -0.2) is 20.7 Å². The molecule has 1 aliphatic heterocycles. The van der Waals surface area contributed by atoms with Gasteiger partial charge in [-0.2, -0.15) is 4.98 Å². The van der Waals surface area contributed by atoms with Crippen molar-refractivity contribution >= 4 is 17.6 Å². The first-order valence-electron chi connectivity index (χ1n) is 4.28. The van der Waals surface area contributed by atoms with Gasteiger partial charge in [0.2, 0.25) is 0 Å². The highest BCUT2D eigenvalue weighted by Crippen LogP contribution is 2.30. The van der Waals surface area contributed by atoms with Gasteiger partial charge in [0.25, 0.3) is 0 Å². The molecule has 2 heterocycles. The van der Waals surface area contributed by atoms with Crippen LogP contribution in [0.5, 0.6) is 0 Å². The zero-order valence-corrected chi connectivity index (χ0v) is 8.53. The van der Waals surface area contributed by atoms with Crippen molar-refractivity contribution in [3.63, 3.8) is 0 Å². The summed E-state index contributed by atoms with van der Waals surface area (Å²) in [4.78, 5) is 15.1. The van der Waals surface area contributed by atoms with Gasteiger partial charge in [-0.25, -0.2) is 4.79 Å². The maximum atomic E-state index is 11.4. The molecule has 0 bridgehead atoms. The monoisotopic (exact) mass is 213 g/mol. The Balaban J connectivity index is 2.29. The minimum Gasteiger partial charge on any atom is -0.383 e. The van der Waals surface area contributed by atoms with Crippen LogP contribution in [-0.2, 0) is 4.74 Å². The Morgan fingerprint density at radius 2 is 2.57 bits per heavy atom. The number of hydrogen-bond donors (Lipinski definition) is 1. The number of rotatable bonds is 1. The van der Waals surface area contributed by atoms with Crippen LogP contribution in [0.3, 0.4) is 0 Å². The molecule has 0 aromatic carbocycles. The molecule has 6 heteroatoms. The number of nitrogens with two attached hydrogens (primary N) is 1. The summed E-state index contributed by atoms with van der Waals surface area (Å²) in [6, 6.07) is 1.60. The molecule has 1 aromatic heterocycles. The van der Waals surface area contributed by atoms with Gasteiger partial charge in [0.1, 0.15) is 17.5 Å². The number of thioether (sulfide) groups is 1. The lowest BCUT2D eigenvalue weighted by atomic mass is 10.5. The van der Waals surface area contributed by atoms with Gasteiger partial charge in [0.05, 0.1) is 0 Å². The lowest BCUT2D eigenvalue weighted by Gasteiger charge is -2.12. The van der Waals surface area contributed by atoms with E-state index in [2.05, 4.69) is 4.98 Å².